The minimum absolute atomic E-state index is 0.0314. The summed E-state index contributed by atoms with van der Waals surface area (Å²) in [7, 11) is 0. The van der Waals surface area contributed by atoms with Gasteiger partial charge in [-0.05, 0) is 47.5 Å². The smallest absolute Gasteiger partial charge is 0.229 e. The maximum atomic E-state index is 13.2. The summed E-state index contributed by atoms with van der Waals surface area (Å²) in [6.45, 7) is 0.913. The number of halogens is 1. The average molecular weight is 532 g/mol. The molecule has 2 aliphatic heterocycles. The van der Waals surface area contributed by atoms with E-state index >= 15 is 0 Å². The Kier molecular flexibility index (Phi) is 6.61. The first-order chi connectivity index (χ1) is 16.6. The molecular formula is C27H22BrN3O2S. The third-order valence-electron chi connectivity index (χ3n) is 5.99. The topological polar surface area (TPSA) is 56.6 Å². The SMILES string of the molecule is N#CC1=C2SCN(c3ccc(Br)cc3)CN2C(=O)C[C@H]1c1cccc(OCc2ccccc2)c1. The van der Waals surface area contributed by atoms with Gasteiger partial charge in [0.15, 0.2) is 0 Å². The molecule has 5 nitrogen and oxygen atoms in total. The Balaban J connectivity index is 1.37. The zero-order valence-electron chi connectivity index (χ0n) is 18.4. The second kappa shape index (κ2) is 9.96. The molecule has 5 rings (SSSR count). The van der Waals surface area contributed by atoms with E-state index in [9.17, 15) is 10.1 Å². The molecule has 1 saturated heterocycles. The lowest BCUT2D eigenvalue weighted by molar-refractivity contribution is -0.129. The highest BCUT2D eigenvalue weighted by atomic mass is 79.9. The molecule has 1 amide bonds. The summed E-state index contributed by atoms with van der Waals surface area (Å²) >= 11 is 5.01. The van der Waals surface area contributed by atoms with Gasteiger partial charge in [-0.2, -0.15) is 5.26 Å². The molecule has 170 valence electrons. The number of fused-ring (bicyclic) bond motifs is 1. The standard InChI is InChI=1S/C27H22BrN3O2S/c28-21-9-11-22(12-10-21)30-17-31-26(32)14-24(25(15-29)27(31)34-18-30)20-7-4-8-23(13-20)33-16-19-5-2-1-3-6-19/h1-13,24H,14,16-18H2/t24-/m0/s1. The number of anilines is 1. The minimum atomic E-state index is -0.268. The van der Waals surface area contributed by atoms with E-state index < -0.39 is 0 Å². The van der Waals surface area contributed by atoms with E-state index in [1.807, 2.05) is 78.9 Å². The lowest BCUT2D eigenvalue weighted by Crippen LogP contribution is -2.47. The average Bonchev–Trinajstić information content (AvgIpc) is 2.88. The Hall–Kier alpha value is -3.21. The summed E-state index contributed by atoms with van der Waals surface area (Å²) in [5.74, 6) is 1.18. The number of rotatable bonds is 5. The van der Waals surface area contributed by atoms with Crippen LogP contribution in [0.15, 0.2) is 93.9 Å². The van der Waals surface area contributed by atoms with Gasteiger partial charge in [0.05, 0.1) is 29.2 Å². The molecule has 34 heavy (non-hydrogen) atoms. The minimum Gasteiger partial charge on any atom is -0.489 e. The second-order valence-corrected chi connectivity index (χ2v) is 10.0. The van der Waals surface area contributed by atoms with Crippen LogP contribution in [0.5, 0.6) is 5.75 Å². The van der Waals surface area contributed by atoms with Crippen molar-refractivity contribution in [2.45, 2.75) is 18.9 Å². The molecule has 0 saturated carbocycles. The van der Waals surface area contributed by atoms with Crippen molar-refractivity contribution in [3.63, 3.8) is 0 Å². The van der Waals surface area contributed by atoms with E-state index in [1.54, 1.807) is 16.7 Å². The van der Waals surface area contributed by atoms with E-state index in [-0.39, 0.29) is 18.2 Å². The van der Waals surface area contributed by atoms with Gasteiger partial charge in [-0.1, -0.05) is 70.2 Å². The fourth-order valence-corrected chi connectivity index (χ4v) is 5.66. The number of hydrogen-bond donors (Lipinski definition) is 0. The third-order valence-corrected chi connectivity index (χ3v) is 7.68. The maximum Gasteiger partial charge on any atom is 0.229 e. The van der Waals surface area contributed by atoms with Crippen LogP contribution in [0.25, 0.3) is 0 Å². The van der Waals surface area contributed by atoms with E-state index in [2.05, 4.69) is 26.9 Å². The number of hydrogen-bond acceptors (Lipinski definition) is 5. The highest BCUT2D eigenvalue weighted by molar-refractivity contribution is 9.10. The van der Waals surface area contributed by atoms with Gasteiger partial charge in [0.2, 0.25) is 5.91 Å². The zero-order valence-corrected chi connectivity index (χ0v) is 20.8. The van der Waals surface area contributed by atoms with Crippen molar-refractivity contribution >= 4 is 39.3 Å². The molecule has 0 aliphatic carbocycles. The molecule has 1 atom stereocenters. The van der Waals surface area contributed by atoms with E-state index in [0.29, 0.717) is 24.7 Å². The van der Waals surface area contributed by atoms with Gasteiger partial charge >= 0.3 is 0 Å². The largest absolute Gasteiger partial charge is 0.489 e. The molecule has 2 heterocycles. The predicted molar refractivity (Wildman–Crippen MR) is 138 cm³/mol. The van der Waals surface area contributed by atoms with E-state index in [0.717, 1.165) is 32.1 Å². The van der Waals surface area contributed by atoms with Gasteiger partial charge in [0.25, 0.3) is 0 Å². The van der Waals surface area contributed by atoms with Gasteiger partial charge in [-0.25, -0.2) is 0 Å². The molecule has 1 fully saturated rings. The molecule has 0 spiro atoms. The Labute approximate surface area is 211 Å². The normalized spacial score (nSPS) is 17.9. The van der Waals surface area contributed by atoms with Crippen molar-refractivity contribution in [1.82, 2.24) is 4.90 Å². The fourth-order valence-electron chi connectivity index (χ4n) is 4.22. The van der Waals surface area contributed by atoms with Crippen LogP contribution in [-0.2, 0) is 11.4 Å². The van der Waals surface area contributed by atoms with Crippen LogP contribution in [0.2, 0.25) is 0 Å². The molecule has 3 aromatic carbocycles. The predicted octanol–water partition coefficient (Wildman–Crippen LogP) is 6.25. The van der Waals surface area contributed by atoms with Gasteiger partial charge in [0, 0.05) is 22.5 Å². The zero-order chi connectivity index (χ0) is 23.5. The van der Waals surface area contributed by atoms with Gasteiger partial charge in [-0.3, -0.25) is 9.69 Å². The van der Waals surface area contributed by atoms with Crippen LogP contribution in [0.1, 0.15) is 23.5 Å². The first-order valence-electron chi connectivity index (χ1n) is 11.0. The van der Waals surface area contributed by atoms with Crippen LogP contribution in [0.4, 0.5) is 5.69 Å². The molecule has 0 radical (unpaired) electrons. The second-order valence-electron chi connectivity index (χ2n) is 8.19. The van der Waals surface area contributed by atoms with Crippen molar-refractivity contribution in [2.75, 3.05) is 17.4 Å². The maximum absolute atomic E-state index is 13.2. The lowest BCUT2D eigenvalue weighted by Gasteiger charge is -2.42. The summed E-state index contributed by atoms with van der Waals surface area (Å²) < 4.78 is 7.00. The lowest BCUT2D eigenvalue weighted by atomic mass is 9.86. The number of amides is 1. The molecule has 0 unspecified atom stereocenters. The van der Waals surface area contributed by atoms with Crippen LogP contribution < -0.4 is 9.64 Å². The Morgan fingerprint density at radius 1 is 1.06 bits per heavy atom. The van der Waals surface area contributed by atoms with E-state index in [4.69, 9.17) is 4.74 Å². The highest BCUT2D eigenvalue weighted by Crippen LogP contribution is 2.43. The summed E-state index contributed by atoms with van der Waals surface area (Å²) in [4.78, 5) is 17.1. The van der Waals surface area contributed by atoms with Gasteiger partial charge in [0.1, 0.15) is 12.4 Å². The highest BCUT2D eigenvalue weighted by Gasteiger charge is 2.38. The number of thioether (sulfide) groups is 1. The van der Waals surface area contributed by atoms with Crippen molar-refractivity contribution in [1.29, 1.82) is 5.26 Å². The molecule has 0 N–H and O–H groups in total. The first kappa shape index (κ1) is 22.6. The number of nitrogens with zero attached hydrogens (tertiary/aromatic N) is 3. The van der Waals surface area contributed by atoms with Crippen LogP contribution in [-0.4, -0.2) is 23.4 Å². The summed E-state index contributed by atoms with van der Waals surface area (Å²) in [5.41, 5.74) is 3.72. The molecule has 0 aromatic heterocycles. The molecule has 0 bridgehead atoms. The summed E-state index contributed by atoms with van der Waals surface area (Å²) in [6, 6.07) is 28.2. The number of ether oxygens (including phenoxy) is 1. The monoisotopic (exact) mass is 531 g/mol. The van der Waals surface area contributed by atoms with Crippen molar-refractivity contribution in [2.24, 2.45) is 0 Å². The quantitative estimate of drug-likeness (QED) is 0.389. The number of carbonyl (C=O) groups excluding carboxylic acids is 1. The fraction of sp³-hybridized carbons (Fsp3) is 0.185. The Morgan fingerprint density at radius 3 is 2.62 bits per heavy atom. The molecular weight excluding hydrogens is 510 g/mol. The Bertz CT molecular complexity index is 1270. The number of carbonyl (C=O) groups is 1. The van der Waals surface area contributed by atoms with Crippen LogP contribution >= 0.6 is 27.7 Å². The Morgan fingerprint density at radius 2 is 1.85 bits per heavy atom. The number of nitriles is 1. The molecule has 7 heteroatoms. The molecule has 2 aliphatic rings. The van der Waals surface area contributed by atoms with Crippen molar-refractivity contribution < 1.29 is 9.53 Å². The van der Waals surface area contributed by atoms with Crippen molar-refractivity contribution in [3.05, 3.63) is 105 Å². The number of benzene rings is 3. The van der Waals surface area contributed by atoms with E-state index in [1.165, 1.54) is 0 Å². The van der Waals surface area contributed by atoms with Gasteiger partial charge in [-0.15, -0.1) is 0 Å². The van der Waals surface area contributed by atoms with Crippen LogP contribution in [0, 0.1) is 11.3 Å². The van der Waals surface area contributed by atoms with Gasteiger partial charge < -0.3 is 9.64 Å². The number of allylic oxidation sites excluding steroid dienone is 1. The van der Waals surface area contributed by atoms with Crippen LogP contribution in [0.3, 0.4) is 0 Å². The first-order valence-corrected chi connectivity index (χ1v) is 12.7. The third kappa shape index (κ3) is 4.70. The summed E-state index contributed by atoms with van der Waals surface area (Å²) in [6.07, 6.45) is 0.267. The molecule has 3 aromatic rings. The van der Waals surface area contributed by atoms with Crippen molar-refractivity contribution in [3.8, 4) is 11.8 Å². The summed E-state index contributed by atoms with van der Waals surface area (Å²) in [5, 5.41) is 10.8.